The highest BCUT2D eigenvalue weighted by Gasteiger charge is 2.23. The number of carbonyl (C=O) groups excluding carboxylic acids is 1. The molecule has 6 nitrogen and oxygen atoms in total. The molecule has 2 aromatic rings. The number of hydrogen-bond acceptors (Lipinski definition) is 4. The Morgan fingerprint density at radius 1 is 1.29 bits per heavy atom. The Bertz CT molecular complexity index is 667. The third kappa shape index (κ3) is 3.16. The summed E-state index contributed by atoms with van der Waals surface area (Å²) in [5, 5.41) is 8.89. The van der Waals surface area contributed by atoms with E-state index in [9.17, 15) is 9.59 Å². The van der Waals surface area contributed by atoms with E-state index in [4.69, 9.17) is 5.11 Å². The maximum atomic E-state index is 12.7. The lowest BCUT2D eigenvalue weighted by Gasteiger charge is -2.27. The number of carboxylic acid groups (broad SMARTS) is 1. The number of fused-ring (bicyclic) bond motifs is 1. The summed E-state index contributed by atoms with van der Waals surface area (Å²) in [6.07, 6.45) is 3.02. The number of nitrogens with zero attached hydrogens (tertiary/aromatic N) is 3. The lowest BCUT2D eigenvalue weighted by atomic mass is 10.1. The molecular weight excluding hydrogens is 270 g/mol. The zero-order chi connectivity index (χ0) is 15.4. The molecule has 0 aliphatic carbocycles. The van der Waals surface area contributed by atoms with Crippen molar-refractivity contribution in [1.82, 2.24) is 14.9 Å². The summed E-state index contributed by atoms with van der Waals surface area (Å²) in [6, 6.07) is 4.85. The molecule has 1 aromatic carbocycles. The lowest BCUT2D eigenvalue weighted by molar-refractivity contribution is -0.138. The minimum absolute atomic E-state index is 0.0873. The predicted molar refractivity (Wildman–Crippen MR) is 78.0 cm³/mol. The van der Waals surface area contributed by atoms with Gasteiger partial charge in [-0.2, -0.15) is 0 Å². The van der Waals surface area contributed by atoms with Crippen LogP contribution in [0.4, 0.5) is 0 Å². The Hall–Kier alpha value is -2.50. The highest BCUT2D eigenvalue weighted by Crippen LogP contribution is 2.18. The second-order valence-electron chi connectivity index (χ2n) is 4.77. The number of benzene rings is 1. The number of rotatable bonds is 5. The van der Waals surface area contributed by atoms with Crippen molar-refractivity contribution >= 4 is 22.9 Å². The molecule has 1 unspecified atom stereocenters. The van der Waals surface area contributed by atoms with E-state index >= 15 is 0 Å². The Kier molecular flexibility index (Phi) is 4.47. The molecule has 1 aromatic heterocycles. The summed E-state index contributed by atoms with van der Waals surface area (Å²) in [5.41, 5.74) is 1.62. The van der Waals surface area contributed by atoms with Crippen molar-refractivity contribution in [2.45, 2.75) is 26.3 Å². The highest BCUT2D eigenvalue weighted by molar-refractivity contribution is 6.04. The predicted octanol–water partition coefficient (Wildman–Crippen LogP) is 1.96. The number of para-hydroxylation sites is 1. The number of aromatic nitrogens is 2. The molecule has 21 heavy (non-hydrogen) atoms. The number of aliphatic carboxylic acids is 1. The quantitative estimate of drug-likeness (QED) is 0.908. The average molecular weight is 287 g/mol. The van der Waals surface area contributed by atoms with E-state index in [1.54, 1.807) is 31.3 Å². The molecule has 0 fully saturated rings. The van der Waals surface area contributed by atoms with Crippen LogP contribution in [0.25, 0.3) is 11.0 Å². The summed E-state index contributed by atoms with van der Waals surface area (Å²) in [5.74, 6) is -1.15. The van der Waals surface area contributed by atoms with Crippen molar-refractivity contribution in [3.05, 3.63) is 36.2 Å². The van der Waals surface area contributed by atoms with Crippen molar-refractivity contribution in [2.75, 3.05) is 6.54 Å². The van der Waals surface area contributed by atoms with Gasteiger partial charge < -0.3 is 10.0 Å². The van der Waals surface area contributed by atoms with Gasteiger partial charge in [0.25, 0.3) is 5.91 Å². The molecule has 110 valence electrons. The molecule has 0 saturated carbocycles. The first-order valence-electron chi connectivity index (χ1n) is 6.77. The molecule has 0 aliphatic rings. The van der Waals surface area contributed by atoms with Gasteiger partial charge in [-0.3, -0.25) is 19.6 Å². The summed E-state index contributed by atoms with van der Waals surface area (Å²) < 4.78 is 0. The van der Waals surface area contributed by atoms with E-state index in [1.807, 2.05) is 6.92 Å². The van der Waals surface area contributed by atoms with Crippen LogP contribution in [0.3, 0.4) is 0 Å². The van der Waals surface area contributed by atoms with Crippen LogP contribution in [-0.4, -0.2) is 44.4 Å². The molecule has 6 heteroatoms. The fourth-order valence-corrected chi connectivity index (χ4v) is 2.34. The lowest BCUT2D eigenvalue weighted by Crippen LogP contribution is -2.39. The van der Waals surface area contributed by atoms with Gasteiger partial charge in [0, 0.05) is 25.0 Å². The molecule has 0 bridgehead atoms. The van der Waals surface area contributed by atoms with Gasteiger partial charge in [-0.15, -0.1) is 0 Å². The van der Waals surface area contributed by atoms with E-state index in [2.05, 4.69) is 9.97 Å². The minimum atomic E-state index is -0.925. The molecule has 0 saturated heterocycles. The molecule has 0 radical (unpaired) electrons. The molecule has 2 rings (SSSR count). The standard InChI is InChI=1S/C15H17N3O3/c1-3-18(10(2)9-13(19)20)15(21)11-5-4-6-12-14(11)17-8-7-16-12/h4-8,10H,3,9H2,1-2H3,(H,19,20). The summed E-state index contributed by atoms with van der Waals surface area (Å²) in [7, 11) is 0. The number of amides is 1. The van der Waals surface area contributed by atoms with Gasteiger partial charge in [0.1, 0.15) is 5.52 Å². The second-order valence-corrected chi connectivity index (χ2v) is 4.77. The van der Waals surface area contributed by atoms with Crippen molar-refractivity contribution in [2.24, 2.45) is 0 Å². The Labute approximate surface area is 122 Å². The van der Waals surface area contributed by atoms with Gasteiger partial charge in [0.15, 0.2) is 0 Å². The summed E-state index contributed by atoms with van der Waals surface area (Å²) in [6.45, 7) is 3.99. The van der Waals surface area contributed by atoms with Crippen LogP contribution < -0.4 is 0 Å². The second kappa shape index (κ2) is 6.30. The van der Waals surface area contributed by atoms with Crippen LogP contribution in [0.2, 0.25) is 0 Å². The highest BCUT2D eigenvalue weighted by atomic mass is 16.4. The normalized spacial score (nSPS) is 12.1. The Balaban J connectivity index is 2.38. The zero-order valence-electron chi connectivity index (χ0n) is 12.0. The van der Waals surface area contributed by atoms with Crippen LogP contribution in [0.5, 0.6) is 0 Å². The topological polar surface area (TPSA) is 83.4 Å². The maximum absolute atomic E-state index is 12.7. The van der Waals surface area contributed by atoms with Crippen LogP contribution in [0.15, 0.2) is 30.6 Å². The van der Waals surface area contributed by atoms with Gasteiger partial charge in [-0.1, -0.05) is 6.07 Å². The monoisotopic (exact) mass is 287 g/mol. The number of carboxylic acids is 1. The van der Waals surface area contributed by atoms with Crippen LogP contribution in [0, 0.1) is 0 Å². The smallest absolute Gasteiger partial charge is 0.305 e. The molecule has 1 amide bonds. The first kappa shape index (κ1) is 14.9. The maximum Gasteiger partial charge on any atom is 0.305 e. The molecule has 1 atom stereocenters. The van der Waals surface area contributed by atoms with Crippen molar-refractivity contribution in [3.8, 4) is 0 Å². The first-order chi connectivity index (χ1) is 10.0. The van der Waals surface area contributed by atoms with Crippen molar-refractivity contribution in [1.29, 1.82) is 0 Å². The fourth-order valence-electron chi connectivity index (χ4n) is 2.34. The average Bonchev–Trinajstić information content (AvgIpc) is 2.46. The van der Waals surface area contributed by atoms with Crippen molar-refractivity contribution < 1.29 is 14.7 Å². The van der Waals surface area contributed by atoms with Crippen LogP contribution >= 0.6 is 0 Å². The molecule has 0 spiro atoms. The number of hydrogen-bond donors (Lipinski definition) is 1. The third-order valence-corrected chi connectivity index (χ3v) is 3.33. The largest absolute Gasteiger partial charge is 0.481 e. The van der Waals surface area contributed by atoms with Crippen molar-refractivity contribution in [3.63, 3.8) is 0 Å². The van der Waals surface area contributed by atoms with E-state index < -0.39 is 5.97 Å². The van der Waals surface area contributed by atoms with E-state index in [1.165, 1.54) is 11.1 Å². The first-order valence-corrected chi connectivity index (χ1v) is 6.77. The summed E-state index contributed by atoms with van der Waals surface area (Å²) >= 11 is 0. The van der Waals surface area contributed by atoms with Crippen LogP contribution in [-0.2, 0) is 4.79 Å². The van der Waals surface area contributed by atoms with E-state index in [0.29, 0.717) is 23.1 Å². The fraction of sp³-hybridized carbons (Fsp3) is 0.333. The molecule has 1 heterocycles. The van der Waals surface area contributed by atoms with Gasteiger partial charge in [-0.05, 0) is 26.0 Å². The van der Waals surface area contributed by atoms with Gasteiger partial charge in [0.2, 0.25) is 0 Å². The van der Waals surface area contributed by atoms with E-state index in [-0.39, 0.29) is 18.4 Å². The van der Waals surface area contributed by atoms with Gasteiger partial charge in [-0.25, -0.2) is 0 Å². The number of carbonyl (C=O) groups is 2. The van der Waals surface area contributed by atoms with Gasteiger partial charge in [0.05, 0.1) is 17.5 Å². The SMILES string of the molecule is CCN(C(=O)c1cccc2nccnc12)C(C)CC(=O)O. The molecular formula is C15H17N3O3. The molecule has 1 N–H and O–H groups in total. The van der Waals surface area contributed by atoms with E-state index in [0.717, 1.165) is 0 Å². The zero-order valence-corrected chi connectivity index (χ0v) is 12.0. The Morgan fingerprint density at radius 3 is 2.67 bits per heavy atom. The summed E-state index contributed by atoms with van der Waals surface area (Å²) in [4.78, 5) is 33.4. The minimum Gasteiger partial charge on any atom is -0.481 e. The third-order valence-electron chi connectivity index (χ3n) is 3.33. The molecule has 0 aliphatic heterocycles. The van der Waals surface area contributed by atoms with Crippen LogP contribution in [0.1, 0.15) is 30.6 Å². The van der Waals surface area contributed by atoms with Gasteiger partial charge >= 0.3 is 5.97 Å². The Morgan fingerprint density at radius 2 is 2.00 bits per heavy atom.